The number of hydrogen-bond acceptors (Lipinski definition) is 3. The van der Waals surface area contributed by atoms with Gasteiger partial charge >= 0.3 is 18.7 Å². The number of halogens is 10. The first kappa shape index (κ1) is 28.5. The molecule has 2 atom stereocenters. The Bertz CT molecular complexity index is 1340. The third-order valence-corrected chi connectivity index (χ3v) is 6.45. The van der Waals surface area contributed by atoms with E-state index in [9.17, 15) is 49.0 Å². The summed E-state index contributed by atoms with van der Waals surface area (Å²) in [6.45, 7) is -1.36. The molecule has 0 spiro atoms. The van der Waals surface area contributed by atoms with Crippen LogP contribution in [0.15, 0.2) is 66.7 Å². The number of rotatable bonds is 6. The molecule has 1 aliphatic heterocycles. The van der Waals surface area contributed by atoms with E-state index in [4.69, 9.17) is 0 Å². The van der Waals surface area contributed by atoms with Gasteiger partial charge in [-0.25, -0.2) is 4.39 Å². The molecule has 3 nitrogen and oxygen atoms in total. The molecule has 1 heterocycles. The van der Waals surface area contributed by atoms with Crippen molar-refractivity contribution < 1.29 is 53.7 Å². The molecule has 1 N–H and O–H groups in total. The second-order valence-corrected chi connectivity index (χ2v) is 9.10. The number of benzene rings is 3. The molecular weight excluding hydrogens is 548 g/mol. The first-order chi connectivity index (χ1) is 18.0. The molecule has 210 valence electrons. The van der Waals surface area contributed by atoms with Crippen molar-refractivity contribution in [3.05, 3.63) is 94.8 Å². The summed E-state index contributed by atoms with van der Waals surface area (Å²) in [6.07, 6.45) is -18.2. The van der Waals surface area contributed by atoms with Crippen molar-refractivity contribution in [2.45, 2.75) is 36.7 Å². The maximum absolute atomic E-state index is 14.2. The van der Waals surface area contributed by atoms with Crippen LogP contribution in [-0.4, -0.2) is 36.8 Å². The molecule has 0 fully saturated rings. The lowest BCUT2D eigenvalue weighted by Gasteiger charge is -2.33. The highest BCUT2D eigenvalue weighted by Crippen LogP contribution is 2.49. The van der Waals surface area contributed by atoms with Gasteiger partial charge in [0.2, 0.25) is 0 Å². The van der Waals surface area contributed by atoms with Gasteiger partial charge in [-0.05, 0) is 53.4 Å². The van der Waals surface area contributed by atoms with Gasteiger partial charge < -0.3 is 14.7 Å². The summed E-state index contributed by atoms with van der Waals surface area (Å²) < 4.78 is 137. The van der Waals surface area contributed by atoms with Crippen LogP contribution in [0.3, 0.4) is 0 Å². The maximum atomic E-state index is 14.2. The predicted octanol–water partition coefficient (Wildman–Crippen LogP) is 7.02. The van der Waals surface area contributed by atoms with Gasteiger partial charge in [0.1, 0.15) is 11.6 Å². The van der Waals surface area contributed by atoms with Crippen LogP contribution in [0.1, 0.15) is 22.3 Å². The van der Waals surface area contributed by atoms with Gasteiger partial charge in [0.05, 0.1) is 12.1 Å². The molecule has 0 aliphatic carbocycles. The molecule has 0 saturated heterocycles. The van der Waals surface area contributed by atoms with Gasteiger partial charge in [-0.2, -0.15) is 26.3 Å². The molecule has 0 bridgehead atoms. The third kappa shape index (κ3) is 6.07. The Kier molecular flexibility index (Phi) is 7.26. The highest BCUT2D eigenvalue weighted by Gasteiger charge is 2.48. The topological polar surface area (TPSA) is 32.7 Å². The van der Waals surface area contributed by atoms with Crippen molar-refractivity contribution in [1.82, 2.24) is 0 Å². The molecule has 13 heteroatoms. The van der Waals surface area contributed by atoms with Crippen LogP contribution in [0, 0.1) is 5.82 Å². The van der Waals surface area contributed by atoms with E-state index in [0.29, 0.717) is 12.1 Å². The lowest BCUT2D eigenvalue weighted by Crippen LogP contribution is -2.44. The number of alkyl halides is 9. The summed E-state index contributed by atoms with van der Waals surface area (Å²) in [5.41, 5.74) is -2.74. The Morgan fingerprint density at radius 1 is 0.872 bits per heavy atom. The fourth-order valence-electron chi connectivity index (χ4n) is 4.87. The molecule has 0 saturated carbocycles. The van der Waals surface area contributed by atoms with Crippen LogP contribution in [-0.2, 0) is 18.0 Å². The van der Waals surface area contributed by atoms with Crippen molar-refractivity contribution >= 4 is 5.69 Å². The van der Waals surface area contributed by atoms with Crippen LogP contribution in [0.2, 0.25) is 0 Å². The lowest BCUT2D eigenvalue weighted by molar-refractivity contribution is -0.274. The van der Waals surface area contributed by atoms with E-state index in [1.807, 2.05) is 0 Å². The van der Waals surface area contributed by atoms with E-state index in [-0.39, 0.29) is 28.8 Å². The second kappa shape index (κ2) is 9.92. The van der Waals surface area contributed by atoms with Crippen LogP contribution in [0.25, 0.3) is 0 Å². The van der Waals surface area contributed by atoms with Crippen molar-refractivity contribution in [2.75, 3.05) is 18.0 Å². The summed E-state index contributed by atoms with van der Waals surface area (Å²) >= 11 is 0. The number of para-hydroxylation sites is 1. The molecule has 0 radical (unpaired) electrons. The Labute approximate surface area is 215 Å². The summed E-state index contributed by atoms with van der Waals surface area (Å²) in [7, 11) is 0. The van der Waals surface area contributed by atoms with E-state index in [1.165, 1.54) is 36.4 Å². The molecule has 3 aromatic carbocycles. The summed E-state index contributed by atoms with van der Waals surface area (Å²) in [5, 5.41) is 9.75. The zero-order chi connectivity index (χ0) is 28.8. The van der Waals surface area contributed by atoms with Crippen molar-refractivity contribution in [1.29, 1.82) is 0 Å². The standard InChI is InChI=1S/C26H19F10NO2/c27-20-9-8-16(11-19(20)24(28,29)30)23(12-15-4-3-5-17(10-15)39-26(34,35)36)14-37(13-22(38)25(31,32)33)21-7-2-1-6-18(21)23/h1-11,22,38H,12-14H2/t22-,23?/m1/s1. The molecule has 0 aromatic heterocycles. The largest absolute Gasteiger partial charge is 0.573 e. The second-order valence-electron chi connectivity index (χ2n) is 9.10. The van der Waals surface area contributed by atoms with Crippen molar-refractivity contribution in [2.24, 2.45) is 0 Å². The first-order valence-corrected chi connectivity index (χ1v) is 11.3. The number of hydrogen-bond donors (Lipinski definition) is 1. The quantitative estimate of drug-likeness (QED) is 0.325. The minimum atomic E-state index is -5.11. The molecule has 0 amide bonds. The summed E-state index contributed by atoms with van der Waals surface area (Å²) in [5.74, 6) is -2.18. The number of fused-ring (bicyclic) bond motifs is 1. The SMILES string of the molecule is O[C@H](CN1CC(Cc2cccc(OC(F)(F)F)c2)(c2ccc(F)c(C(F)(F)F)c2)c2ccccc21)C(F)(F)F. The van der Waals surface area contributed by atoms with E-state index in [1.54, 1.807) is 0 Å². The zero-order valence-corrected chi connectivity index (χ0v) is 19.6. The maximum Gasteiger partial charge on any atom is 0.573 e. The number of aliphatic hydroxyl groups excluding tert-OH is 1. The fraction of sp³-hybridized carbons (Fsp3) is 0.308. The first-order valence-electron chi connectivity index (χ1n) is 11.3. The monoisotopic (exact) mass is 567 g/mol. The minimum absolute atomic E-state index is 0.130. The average Bonchev–Trinajstić information content (AvgIpc) is 3.11. The van der Waals surface area contributed by atoms with E-state index in [0.717, 1.165) is 23.1 Å². The Morgan fingerprint density at radius 2 is 1.56 bits per heavy atom. The lowest BCUT2D eigenvalue weighted by atomic mass is 9.71. The molecular formula is C26H19F10NO2. The number of nitrogens with zero attached hydrogens (tertiary/aromatic N) is 1. The number of anilines is 1. The van der Waals surface area contributed by atoms with E-state index in [2.05, 4.69) is 4.74 Å². The fourth-order valence-corrected chi connectivity index (χ4v) is 4.87. The Hall–Kier alpha value is -3.48. The van der Waals surface area contributed by atoms with Crippen LogP contribution in [0.5, 0.6) is 5.75 Å². The number of β-amino-alcohol motifs (C(OH)–C–C–N with tert-alkyl or cyclic N) is 1. The number of aliphatic hydroxyl groups is 1. The Balaban J connectivity index is 1.88. The van der Waals surface area contributed by atoms with Crippen LogP contribution >= 0.6 is 0 Å². The Morgan fingerprint density at radius 3 is 2.21 bits per heavy atom. The van der Waals surface area contributed by atoms with Gasteiger partial charge in [0, 0.05) is 17.6 Å². The average molecular weight is 567 g/mol. The predicted molar refractivity (Wildman–Crippen MR) is 120 cm³/mol. The third-order valence-electron chi connectivity index (χ3n) is 6.45. The summed E-state index contributed by atoms with van der Waals surface area (Å²) in [4.78, 5) is 1.14. The smallest absolute Gasteiger partial charge is 0.406 e. The van der Waals surface area contributed by atoms with Crippen molar-refractivity contribution in [3.8, 4) is 5.75 Å². The van der Waals surface area contributed by atoms with Gasteiger partial charge in [0.15, 0.2) is 6.10 Å². The molecule has 3 aromatic rings. The van der Waals surface area contributed by atoms with Gasteiger partial charge in [-0.1, -0.05) is 36.4 Å². The normalized spacial score (nSPS) is 18.7. The van der Waals surface area contributed by atoms with Gasteiger partial charge in [0.25, 0.3) is 0 Å². The van der Waals surface area contributed by atoms with E-state index >= 15 is 0 Å². The molecule has 1 aliphatic rings. The van der Waals surface area contributed by atoms with Gasteiger partial charge in [-0.3, -0.25) is 0 Å². The van der Waals surface area contributed by atoms with Crippen molar-refractivity contribution in [3.63, 3.8) is 0 Å². The molecule has 1 unspecified atom stereocenters. The minimum Gasteiger partial charge on any atom is -0.406 e. The highest BCUT2D eigenvalue weighted by molar-refractivity contribution is 5.67. The number of ether oxygens (including phenoxy) is 1. The van der Waals surface area contributed by atoms with E-state index < -0.39 is 60.5 Å². The van der Waals surface area contributed by atoms with Crippen LogP contribution in [0.4, 0.5) is 49.6 Å². The molecule has 4 rings (SSSR count). The zero-order valence-electron chi connectivity index (χ0n) is 19.6. The summed E-state index contributed by atoms with van der Waals surface area (Å²) in [6, 6.07) is 12.7. The van der Waals surface area contributed by atoms with Gasteiger partial charge in [-0.15, -0.1) is 13.2 Å². The highest BCUT2D eigenvalue weighted by atomic mass is 19.4. The van der Waals surface area contributed by atoms with Crippen LogP contribution < -0.4 is 9.64 Å². The molecule has 39 heavy (non-hydrogen) atoms.